The van der Waals surface area contributed by atoms with Crippen LogP contribution in [0.3, 0.4) is 0 Å². The second-order valence-electron chi connectivity index (χ2n) is 6.05. The van der Waals surface area contributed by atoms with Crippen LogP contribution in [0.5, 0.6) is 0 Å². The summed E-state index contributed by atoms with van der Waals surface area (Å²) in [7, 11) is 0. The Morgan fingerprint density at radius 3 is 2.71 bits per heavy atom. The number of rotatable bonds is 4. The molecule has 0 spiro atoms. The van der Waals surface area contributed by atoms with Crippen molar-refractivity contribution in [3.63, 3.8) is 0 Å². The molecule has 1 amide bonds. The van der Waals surface area contributed by atoms with E-state index < -0.39 is 4.92 Å². The molecular formula is C17H20N4O3. The predicted octanol–water partition coefficient (Wildman–Crippen LogP) is 2.59. The normalized spacial score (nSPS) is 18.2. The van der Waals surface area contributed by atoms with Crippen molar-refractivity contribution in [3.05, 3.63) is 58.3 Å². The fraction of sp³-hybridized carbons (Fsp3) is 0.412. The Balaban J connectivity index is 1.59. The Bertz CT molecular complexity index is 714. The molecule has 0 N–H and O–H groups in total. The molecule has 1 aliphatic rings. The van der Waals surface area contributed by atoms with Gasteiger partial charge in [0.2, 0.25) is 5.91 Å². The summed E-state index contributed by atoms with van der Waals surface area (Å²) in [4.78, 5) is 24.4. The highest BCUT2D eigenvalue weighted by Crippen LogP contribution is 2.27. The second-order valence-corrected chi connectivity index (χ2v) is 6.05. The lowest BCUT2D eigenvalue weighted by Gasteiger charge is -2.20. The van der Waals surface area contributed by atoms with Gasteiger partial charge in [-0.3, -0.25) is 4.79 Å². The summed E-state index contributed by atoms with van der Waals surface area (Å²) < 4.78 is 1.33. The van der Waals surface area contributed by atoms with Crippen LogP contribution in [-0.2, 0) is 11.3 Å². The third-order valence-electron chi connectivity index (χ3n) is 4.46. The maximum absolute atomic E-state index is 12.4. The SMILES string of the molecule is O=C(Cn1ccc([N+](=O)[O-])n1)N1CCC[C@@H](c2ccccc2)CC1. The van der Waals surface area contributed by atoms with Crippen molar-refractivity contribution < 1.29 is 9.72 Å². The van der Waals surface area contributed by atoms with Crippen LogP contribution < -0.4 is 0 Å². The number of aromatic nitrogens is 2. The third kappa shape index (κ3) is 3.79. The molecule has 1 saturated heterocycles. The molecule has 1 aromatic heterocycles. The van der Waals surface area contributed by atoms with Gasteiger partial charge < -0.3 is 15.0 Å². The van der Waals surface area contributed by atoms with Crippen LogP contribution in [0.15, 0.2) is 42.6 Å². The van der Waals surface area contributed by atoms with Crippen LogP contribution in [0.25, 0.3) is 0 Å². The molecule has 3 rings (SSSR count). The lowest BCUT2D eigenvalue weighted by Crippen LogP contribution is -2.34. The third-order valence-corrected chi connectivity index (χ3v) is 4.46. The van der Waals surface area contributed by atoms with Gasteiger partial charge >= 0.3 is 5.82 Å². The fourth-order valence-electron chi connectivity index (χ4n) is 3.18. The average molecular weight is 328 g/mol. The summed E-state index contributed by atoms with van der Waals surface area (Å²) >= 11 is 0. The minimum atomic E-state index is -0.558. The van der Waals surface area contributed by atoms with Crippen molar-refractivity contribution in [3.8, 4) is 0 Å². The van der Waals surface area contributed by atoms with Gasteiger partial charge in [-0.25, -0.2) is 0 Å². The van der Waals surface area contributed by atoms with Gasteiger partial charge in [-0.05, 0) is 35.7 Å². The van der Waals surface area contributed by atoms with E-state index in [4.69, 9.17) is 0 Å². The molecule has 2 aromatic rings. The fourth-order valence-corrected chi connectivity index (χ4v) is 3.18. The molecule has 1 atom stereocenters. The number of nitro groups is 1. The molecule has 1 fully saturated rings. The van der Waals surface area contributed by atoms with Gasteiger partial charge in [-0.2, -0.15) is 4.68 Å². The van der Waals surface area contributed by atoms with E-state index in [-0.39, 0.29) is 18.3 Å². The summed E-state index contributed by atoms with van der Waals surface area (Å²) in [6.45, 7) is 1.48. The average Bonchev–Trinajstić information content (AvgIpc) is 2.91. The molecule has 7 heteroatoms. The highest BCUT2D eigenvalue weighted by molar-refractivity contribution is 5.76. The van der Waals surface area contributed by atoms with Gasteiger partial charge in [-0.15, -0.1) is 0 Å². The lowest BCUT2D eigenvalue weighted by molar-refractivity contribution is -0.389. The smallest absolute Gasteiger partial charge is 0.358 e. The van der Waals surface area contributed by atoms with Gasteiger partial charge in [0.05, 0.1) is 17.4 Å². The quantitative estimate of drug-likeness (QED) is 0.638. The zero-order valence-corrected chi connectivity index (χ0v) is 13.4. The van der Waals surface area contributed by atoms with Crippen LogP contribution in [0.2, 0.25) is 0 Å². The number of carbonyl (C=O) groups excluding carboxylic acids is 1. The summed E-state index contributed by atoms with van der Waals surface area (Å²) in [5.74, 6) is 0.208. The van der Waals surface area contributed by atoms with Crippen LogP contribution in [0, 0.1) is 10.1 Å². The summed E-state index contributed by atoms with van der Waals surface area (Å²) in [5, 5.41) is 14.5. The minimum Gasteiger partial charge on any atom is -0.358 e. The molecule has 0 radical (unpaired) electrons. The maximum Gasteiger partial charge on any atom is 0.389 e. The Kier molecular flexibility index (Phi) is 4.88. The first-order valence-electron chi connectivity index (χ1n) is 8.14. The van der Waals surface area contributed by atoms with Gasteiger partial charge in [0, 0.05) is 13.1 Å². The van der Waals surface area contributed by atoms with Crippen molar-refractivity contribution in [1.82, 2.24) is 14.7 Å². The molecule has 0 aliphatic carbocycles. The van der Waals surface area contributed by atoms with Crippen LogP contribution in [0.1, 0.15) is 30.7 Å². The summed E-state index contributed by atoms with van der Waals surface area (Å²) in [6, 6.07) is 11.7. The molecule has 1 aliphatic heterocycles. The molecule has 126 valence electrons. The number of hydrogen-bond donors (Lipinski definition) is 0. The minimum absolute atomic E-state index is 0.0401. The van der Waals surface area contributed by atoms with Crippen molar-refractivity contribution >= 4 is 11.7 Å². The summed E-state index contributed by atoms with van der Waals surface area (Å²) in [6.07, 6.45) is 4.45. The highest BCUT2D eigenvalue weighted by Gasteiger charge is 2.23. The molecule has 0 unspecified atom stereocenters. The largest absolute Gasteiger partial charge is 0.389 e. The maximum atomic E-state index is 12.4. The Morgan fingerprint density at radius 2 is 2.00 bits per heavy atom. The number of likely N-dealkylation sites (tertiary alicyclic amines) is 1. The molecule has 1 aromatic carbocycles. The van der Waals surface area contributed by atoms with Crippen molar-refractivity contribution in [2.45, 2.75) is 31.7 Å². The molecule has 7 nitrogen and oxygen atoms in total. The van der Waals surface area contributed by atoms with E-state index in [2.05, 4.69) is 17.2 Å². The topological polar surface area (TPSA) is 81.3 Å². The highest BCUT2D eigenvalue weighted by atomic mass is 16.6. The molecule has 0 saturated carbocycles. The van der Waals surface area contributed by atoms with Crippen molar-refractivity contribution in [2.24, 2.45) is 0 Å². The lowest BCUT2D eigenvalue weighted by atomic mass is 9.92. The van der Waals surface area contributed by atoms with E-state index in [1.807, 2.05) is 23.1 Å². The first kappa shape index (κ1) is 16.2. The second kappa shape index (κ2) is 7.25. The van der Waals surface area contributed by atoms with Crippen LogP contribution in [0.4, 0.5) is 5.82 Å². The number of benzene rings is 1. The van der Waals surface area contributed by atoms with E-state index in [9.17, 15) is 14.9 Å². The molecular weight excluding hydrogens is 308 g/mol. The summed E-state index contributed by atoms with van der Waals surface area (Å²) in [5.41, 5.74) is 1.33. The Hall–Kier alpha value is -2.70. The van der Waals surface area contributed by atoms with E-state index in [1.165, 1.54) is 22.5 Å². The monoisotopic (exact) mass is 328 g/mol. The van der Waals surface area contributed by atoms with Gasteiger partial charge in [0.1, 0.15) is 6.54 Å². The molecule has 2 heterocycles. The molecule has 24 heavy (non-hydrogen) atoms. The van der Waals surface area contributed by atoms with E-state index in [1.54, 1.807) is 0 Å². The standard InChI is InChI=1S/C17H20N4O3/c22-17(13-20-12-9-16(18-20)21(23)24)19-10-4-7-15(8-11-19)14-5-2-1-3-6-14/h1-3,5-6,9,12,15H,4,7-8,10-11,13H2/t15-/m1/s1. The number of amides is 1. The predicted molar refractivity (Wildman–Crippen MR) is 88.5 cm³/mol. The van der Waals surface area contributed by atoms with Crippen molar-refractivity contribution in [1.29, 1.82) is 0 Å². The van der Waals surface area contributed by atoms with Gasteiger partial charge in [0.25, 0.3) is 0 Å². The number of nitrogens with zero attached hydrogens (tertiary/aromatic N) is 4. The Morgan fingerprint density at radius 1 is 1.21 bits per heavy atom. The zero-order chi connectivity index (χ0) is 16.9. The van der Waals surface area contributed by atoms with Crippen LogP contribution >= 0.6 is 0 Å². The van der Waals surface area contributed by atoms with E-state index in [0.29, 0.717) is 12.5 Å². The zero-order valence-electron chi connectivity index (χ0n) is 13.4. The number of carbonyl (C=O) groups is 1. The first-order chi connectivity index (χ1) is 11.6. The molecule has 0 bridgehead atoms. The first-order valence-corrected chi connectivity index (χ1v) is 8.14. The van der Waals surface area contributed by atoms with Gasteiger partial charge in [0.15, 0.2) is 0 Å². The van der Waals surface area contributed by atoms with E-state index >= 15 is 0 Å². The van der Waals surface area contributed by atoms with E-state index in [0.717, 1.165) is 25.8 Å². The van der Waals surface area contributed by atoms with Gasteiger partial charge in [-0.1, -0.05) is 30.3 Å². The Labute approximate surface area is 140 Å². The number of hydrogen-bond acceptors (Lipinski definition) is 4. The van der Waals surface area contributed by atoms with Crippen molar-refractivity contribution in [2.75, 3.05) is 13.1 Å². The van der Waals surface area contributed by atoms with Crippen LogP contribution in [-0.4, -0.2) is 38.6 Å².